The molecule has 0 amide bonds. The number of hydrogen-bond donors (Lipinski definition) is 0. The maximum atomic E-state index is 12.2. The van der Waals surface area contributed by atoms with E-state index in [0.29, 0.717) is 5.56 Å². The van der Waals surface area contributed by atoms with Crippen molar-refractivity contribution in [3.8, 4) is 0 Å². The van der Waals surface area contributed by atoms with Gasteiger partial charge in [0.15, 0.2) is 5.78 Å². The maximum Gasteiger partial charge on any atom is 0.326 e. The number of rotatable bonds is 3. The zero-order valence-electron chi connectivity index (χ0n) is 8.87. The number of ketones is 1. The second kappa shape index (κ2) is 4.27. The molecule has 1 heterocycles. The molecule has 0 spiro atoms. The SMILES string of the molecule is [N-]=[N+]=NC1(C(=O)c2ccccc2)CCOC1=O. The molecule has 86 valence electrons. The molecule has 0 bridgehead atoms. The van der Waals surface area contributed by atoms with Gasteiger partial charge in [-0.15, -0.1) is 0 Å². The fourth-order valence-corrected chi connectivity index (χ4v) is 1.76. The van der Waals surface area contributed by atoms with Crippen molar-refractivity contribution in [2.75, 3.05) is 6.61 Å². The Bertz CT molecular complexity index is 508. The van der Waals surface area contributed by atoms with Gasteiger partial charge >= 0.3 is 5.97 Å². The third-order valence-corrected chi connectivity index (χ3v) is 2.66. The number of carbonyl (C=O) groups excluding carboxylic acids is 2. The van der Waals surface area contributed by atoms with Crippen molar-refractivity contribution in [1.29, 1.82) is 0 Å². The van der Waals surface area contributed by atoms with E-state index in [9.17, 15) is 9.59 Å². The summed E-state index contributed by atoms with van der Waals surface area (Å²) in [7, 11) is 0. The number of nitrogens with zero attached hydrogens (tertiary/aromatic N) is 3. The van der Waals surface area contributed by atoms with E-state index in [2.05, 4.69) is 10.0 Å². The van der Waals surface area contributed by atoms with Gasteiger partial charge in [0, 0.05) is 16.9 Å². The summed E-state index contributed by atoms with van der Waals surface area (Å²) in [6, 6.07) is 8.25. The summed E-state index contributed by atoms with van der Waals surface area (Å²) in [6.07, 6.45) is 0.0869. The van der Waals surface area contributed by atoms with Gasteiger partial charge in [0.1, 0.15) is 0 Å². The largest absolute Gasteiger partial charge is 0.465 e. The lowest BCUT2D eigenvalue weighted by atomic mass is 9.89. The van der Waals surface area contributed by atoms with E-state index in [0.717, 1.165) is 0 Å². The summed E-state index contributed by atoms with van der Waals surface area (Å²) in [5, 5.41) is 3.37. The Balaban J connectivity index is 2.46. The van der Waals surface area contributed by atoms with E-state index in [-0.39, 0.29) is 13.0 Å². The lowest BCUT2D eigenvalue weighted by Crippen LogP contribution is -2.41. The standard InChI is InChI=1S/C11H9N3O3/c12-14-13-11(6-7-17-10(11)16)9(15)8-4-2-1-3-5-8/h1-5H,6-7H2. The molecule has 1 unspecified atom stereocenters. The molecule has 0 saturated carbocycles. The van der Waals surface area contributed by atoms with Crippen LogP contribution in [0.2, 0.25) is 0 Å². The molecule has 6 heteroatoms. The highest BCUT2D eigenvalue weighted by Crippen LogP contribution is 2.29. The zero-order valence-corrected chi connectivity index (χ0v) is 8.87. The second-order valence-corrected chi connectivity index (χ2v) is 3.63. The van der Waals surface area contributed by atoms with Crippen molar-refractivity contribution in [1.82, 2.24) is 0 Å². The van der Waals surface area contributed by atoms with Crippen LogP contribution in [-0.2, 0) is 9.53 Å². The smallest absolute Gasteiger partial charge is 0.326 e. The summed E-state index contributed by atoms with van der Waals surface area (Å²) in [6.45, 7) is 0.0937. The van der Waals surface area contributed by atoms with Crippen LogP contribution in [0, 0.1) is 0 Å². The van der Waals surface area contributed by atoms with Crippen LogP contribution >= 0.6 is 0 Å². The quantitative estimate of drug-likeness (QED) is 0.198. The molecule has 6 nitrogen and oxygen atoms in total. The number of benzene rings is 1. The van der Waals surface area contributed by atoms with E-state index < -0.39 is 17.3 Å². The lowest BCUT2D eigenvalue weighted by molar-refractivity contribution is -0.140. The highest BCUT2D eigenvalue weighted by molar-refractivity contribution is 6.17. The fraction of sp³-hybridized carbons (Fsp3) is 0.273. The number of ether oxygens (including phenoxy) is 1. The van der Waals surface area contributed by atoms with Crippen LogP contribution in [0.25, 0.3) is 10.4 Å². The molecule has 17 heavy (non-hydrogen) atoms. The van der Waals surface area contributed by atoms with Gasteiger partial charge in [-0.05, 0) is 5.53 Å². The molecule has 0 aromatic heterocycles. The van der Waals surface area contributed by atoms with Crippen molar-refractivity contribution in [2.45, 2.75) is 12.0 Å². The van der Waals surface area contributed by atoms with Gasteiger partial charge in [0.2, 0.25) is 5.54 Å². The van der Waals surface area contributed by atoms with Crippen LogP contribution in [0.15, 0.2) is 35.4 Å². The molecule has 1 saturated heterocycles. The summed E-state index contributed by atoms with van der Waals surface area (Å²) in [5.74, 6) is -1.29. The zero-order chi connectivity index (χ0) is 12.3. The number of cyclic esters (lactones) is 1. The molecule has 0 radical (unpaired) electrons. The number of hydrogen-bond acceptors (Lipinski definition) is 4. The summed E-state index contributed by atoms with van der Waals surface area (Å²) < 4.78 is 4.74. The predicted molar refractivity (Wildman–Crippen MR) is 58.2 cm³/mol. The van der Waals surface area contributed by atoms with Gasteiger partial charge in [-0.2, -0.15) is 0 Å². The van der Waals surface area contributed by atoms with Gasteiger partial charge in [-0.25, -0.2) is 0 Å². The third-order valence-electron chi connectivity index (χ3n) is 2.66. The Labute approximate surface area is 96.8 Å². The first-order valence-electron chi connectivity index (χ1n) is 5.04. The highest BCUT2D eigenvalue weighted by Gasteiger charge is 2.50. The van der Waals surface area contributed by atoms with Gasteiger partial charge in [-0.1, -0.05) is 35.4 Å². The first-order valence-corrected chi connectivity index (χ1v) is 5.04. The van der Waals surface area contributed by atoms with E-state index in [1.165, 1.54) is 0 Å². The number of Topliss-reactive ketones (excluding diaryl/α,β-unsaturated/α-hetero) is 1. The van der Waals surface area contributed by atoms with Crippen molar-refractivity contribution >= 4 is 11.8 Å². The maximum absolute atomic E-state index is 12.2. The Morgan fingerprint density at radius 1 is 1.41 bits per heavy atom. The molecule has 1 aliphatic heterocycles. The molecule has 2 rings (SSSR count). The number of esters is 1. The van der Waals surface area contributed by atoms with Crippen LogP contribution in [0.4, 0.5) is 0 Å². The first-order chi connectivity index (χ1) is 8.20. The van der Waals surface area contributed by atoms with E-state index >= 15 is 0 Å². The number of carbonyl (C=O) groups is 2. The van der Waals surface area contributed by atoms with E-state index in [4.69, 9.17) is 10.3 Å². The van der Waals surface area contributed by atoms with E-state index in [1.54, 1.807) is 30.3 Å². The lowest BCUT2D eigenvalue weighted by Gasteiger charge is -2.16. The van der Waals surface area contributed by atoms with Gasteiger partial charge in [0.25, 0.3) is 0 Å². The first kappa shape index (κ1) is 11.2. The minimum atomic E-state index is -1.73. The van der Waals surface area contributed by atoms with Crippen LogP contribution in [0.1, 0.15) is 16.8 Å². The normalized spacial score (nSPS) is 22.7. The molecule has 0 N–H and O–H groups in total. The molecular formula is C11H9N3O3. The van der Waals surface area contributed by atoms with Crippen molar-refractivity contribution in [2.24, 2.45) is 5.11 Å². The van der Waals surface area contributed by atoms with Crippen LogP contribution in [0.3, 0.4) is 0 Å². The van der Waals surface area contributed by atoms with Gasteiger partial charge in [-0.3, -0.25) is 9.59 Å². The van der Waals surface area contributed by atoms with Crippen LogP contribution in [-0.4, -0.2) is 23.9 Å². The molecule has 1 aromatic rings. The monoisotopic (exact) mass is 231 g/mol. The molecule has 1 aromatic carbocycles. The average molecular weight is 231 g/mol. The minimum absolute atomic E-state index is 0.0869. The summed E-state index contributed by atoms with van der Waals surface area (Å²) >= 11 is 0. The fourth-order valence-electron chi connectivity index (χ4n) is 1.76. The Morgan fingerprint density at radius 2 is 2.12 bits per heavy atom. The molecular weight excluding hydrogens is 222 g/mol. The van der Waals surface area contributed by atoms with Crippen molar-refractivity contribution < 1.29 is 14.3 Å². The summed E-state index contributed by atoms with van der Waals surface area (Å²) in [5.41, 5.74) is 7.11. The molecule has 1 aliphatic rings. The summed E-state index contributed by atoms with van der Waals surface area (Å²) in [4.78, 5) is 26.4. The van der Waals surface area contributed by atoms with Gasteiger partial charge in [0.05, 0.1) is 6.61 Å². The van der Waals surface area contributed by atoms with Gasteiger partial charge < -0.3 is 4.74 Å². The average Bonchev–Trinajstić information content (AvgIpc) is 2.73. The van der Waals surface area contributed by atoms with Crippen molar-refractivity contribution in [3.63, 3.8) is 0 Å². The topological polar surface area (TPSA) is 92.1 Å². The molecule has 1 fully saturated rings. The van der Waals surface area contributed by atoms with Crippen LogP contribution in [0.5, 0.6) is 0 Å². The van der Waals surface area contributed by atoms with Crippen molar-refractivity contribution in [3.05, 3.63) is 46.3 Å². The minimum Gasteiger partial charge on any atom is -0.465 e. The second-order valence-electron chi connectivity index (χ2n) is 3.63. The molecule has 0 aliphatic carbocycles. The Kier molecular flexibility index (Phi) is 2.80. The third kappa shape index (κ3) is 1.74. The molecule has 1 atom stereocenters. The predicted octanol–water partition coefficient (Wildman–Crippen LogP) is 1.87. The Hall–Kier alpha value is -2.33. The number of azide groups is 1. The Morgan fingerprint density at radius 3 is 2.65 bits per heavy atom. The van der Waals surface area contributed by atoms with Crippen LogP contribution < -0.4 is 0 Å². The van der Waals surface area contributed by atoms with E-state index in [1.807, 2.05) is 0 Å². The highest BCUT2D eigenvalue weighted by atomic mass is 16.5.